The molecule has 0 aromatic heterocycles. The minimum atomic E-state index is -0.212. The second-order valence-corrected chi connectivity index (χ2v) is 6.23. The Balaban J connectivity index is -0.000000299. The summed E-state index contributed by atoms with van der Waals surface area (Å²) in [5, 5.41) is 18.1. The first kappa shape index (κ1) is 27.3. The number of hydrogen-bond acceptors (Lipinski definition) is 3. The summed E-state index contributed by atoms with van der Waals surface area (Å²) in [6.45, 7) is 16.7. The van der Waals surface area contributed by atoms with Crippen LogP contribution in [0.3, 0.4) is 0 Å². The zero-order valence-corrected chi connectivity index (χ0v) is 16.8. The molecular formula is C18H38O3Ti. The summed E-state index contributed by atoms with van der Waals surface area (Å²) in [7, 11) is 0. The molecule has 3 nitrogen and oxygen atoms in total. The van der Waals surface area contributed by atoms with E-state index in [1.807, 2.05) is 6.92 Å². The number of rotatable bonds is 10. The topological polar surface area (TPSA) is 57.5 Å². The Labute approximate surface area is 151 Å². The molecule has 0 saturated carbocycles. The van der Waals surface area contributed by atoms with Gasteiger partial charge in [0.15, 0.2) is 0 Å². The normalized spacial score (nSPS) is 11.2. The summed E-state index contributed by atoms with van der Waals surface area (Å²) in [6.07, 6.45) is 8.80. The van der Waals surface area contributed by atoms with Crippen molar-refractivity contribution in [1.82, 2.24) is 0 Å². The molecule has 0 aliphatic carbocycles. The van der Waals surface area contributed by atoms with Gasteiger partial charge in [-0.1, -0.05) is 53.4 Å². The predicted octanol–water partition coefficient (Wildman–Crippen LogP) is 4.68. The SMILES string of the molecule is CCCCC(CC)(CO)CO.[CH2-]C([CH2-])(CC)CCCC.[O]=[Ti+2]. The summed E-state index contributed by atoms with van der Waals surface area (Å²) in [5.74, 6) is 0. The first-order valence-electron chi connectivity index (χ1n) is 8.49. The van der Waals surface area contributed by atoms with Crippen LogP contribution in [0.15, 0.2) is 0 Å². The van der Waals surface area contributed by atoms with E-state index in [0.29, 0.717) is 0 Å². The summed E-state index contributed by atoms with van der Waals surface area (Å²) >= 11 is 0.750. The van der Waals surface area contributed by atoms with Crippen LogP contribution in [-0.2, 0) is 23.7 Å². The van der Waals surface area contributed by atoms with Crippen molar-refractivity contribution in [3.63, 3.8) is 0 Å². The number of aliphatic hydroxyl groups excluding tert-OH is 2. The Bertz CT molecular complexity index is 208. The molecule has 0 aliphatic rings. The van der Waals surface area contributed by atoms with Crippen LogP contribution in [0, 0.1) is 24.7 Å². The minimum absolute atomic E-state index is 0.0933. The van der Waals surface area contributed by atoms with E-state index >= 15 is 0 Å². The van der Waals surface area contributed by atoms with E-state index in [-0.39, 0.29) is 24.0 Å². The number of unbranched alkanes of at least 4 members (excludes halogenated alkanes) is 2. The molecule has 0 heterocycles. The van der Waals surface area contributed by atoms with Gasteiger partial charge in [-0.25, -0.2) is 0 Å². The molecule has 0 aliphatic heterocycles. The molecule has 132 valence electrons. The van der Waals surface area contributed by atoms with E-state index in [4.69, 9.17) is 13.5 Å². The predicted molar refractivity (Wildman–Crippen MR) is 90.1 cm³/mol. The maximum atomic E-state index is 9.04. The monoisotopic (exact) mass is 350 g/mol. The molecule has 0 atom stereocenters. The van der Waals surface area contributed by atoms with Gasteiger partial charge in [0.1, 0.15) is 0 Å². The molecule has 0 aromatic rings. The van der Waals surface area contributed by atoms with Gasteiger partial charge in [0.25, 0.3) is 0 Å². The van der Waals surface area contributed by atoms with Crippen LogP contribution >= 0.6 is 0 Å². The zero-order valence-electron chi connectivity index (χ0n) is 15.3. The fraction of sp³-hybridized carbons (Fsp3) is 0.889. The second kappa shape index (κ2) is 17.8. The van der Waals surface area contributed by atoms with Crippen molar-refractivity contribution >= 4 is 0 Å². The van der Waals surface area contributed by atoms with Gasteiger partial charge >= 0.3 is 23.7 Å². The molecule has 0 bridgehead atoms. The van der Waals surface area contributed by atoms with Gasteiger partial charge in [-0.05, 0) is 12.8 Å². The molecule has 0 unspecified atom stereocenters. The van der Waals surface area contributed by atoms with Gasteiger partial charge in [0, 0.05) is 5.41 Å². The molecule has 0 rings (SSSR count). The van der Waals surface area contributed by atoms with E-state index in [1.165, 1.54) is 19.3 Å². The van der Waals surface area contributed by atoms with Crippen molar-refractivity contribution in [3.05, 3.63) is 13.8 Å². The molecule has 0 radical (unpaired) electrons. The van der Waals surface area contributed by atoms with Crippen molar-refractivity contribution < 1.29 is 33.9 Å². The molecule has 0 spiro atoms. The van der Waals surface area contributed by atoms with Gasteiger partial charge < -0.3 is 24.1 Å². The molecule has 0 fully saturated rings. The fourth-order valence-corrected chi connectivity index (χ4v) is 1.89. The average molecular weight is 350 g/mol. The average Bonchev–Trinajstić information content (AvgIpc) is 2.57. The van der Waals surface area contributed by atoms with Crippen molar-refractivity contribution in [2.24, 2.45) is 10.8 Å². The first-order valence-corrected chi connectivity index (χ1v) is 9.13. The van der Waals surface area contributed by atoms with Gasteiger partial charge in [-0.2, -0.15) is 0 Å². The van der Waals surface area contributed by atoms with Crippen LogP contribution in [-0.4, -0.2) is 23.4 Å². The van der Waals surface area contributed by atoms with Crippen LogP contribution < -0.4 is 0 Å². The van der Waals surface area contributed by atoms with E-state index in [1.54, 1.807) is 0 Å². The quantitative estimate of drug-likeness (QED) is 0.444. The number of hydrogen-bond donors (Lipinski definition) is 2. The van der Waals surface area contributed by atoms with Crippen LogP contribution in [0.5, 0.6) is 0 Å². The molecule has 0 saturated heterocycles. The van der Waals surface area contributed by atoms with Crippen LogP contribution in [0.4, 0.5) is 0 Å². The molecule has 0 amide bonds. The standard InChI is InChI=1S/C9H20O2.C9H18.O.Ti/c1-3-5-6-9(4-2,7-10)8-11;1-5-7-8-9(3,4)6-2;;/h10-11H,3-8H2,1-2H3;3-8H2,1-2H3;;/q;-2;;+2. The molecule has 4 heteroatoms. The Kier molecular flexibility index (Phi) is 22.1. The van der Waals surface area contributed by atoms with Crippen LogP contribution in [0.25, 0.3) is 0 Å². The van der Waals surface area contributed by atoms with Gasteiger partial charge in [0.2, 0.25) is 0 Å². The Hall–Kier alpha value is 0.434. The number of aliphatic hydroxyl groups is 2. The van der Waals surface area contributed by atoms with E-state index in [0.717, 1.165) is 52.5 Å². The zero-order chi connectivity index (χ0) is 18.1. The Morgan fingerprint density at radius 3 is 1.50 bits per heavy atom. The third-order valence-electron chi connectivity index (χ3n) is 4.29. The third-order valence-corrected chi connectivity index (χ3v) is 4.29. The second-order valence-electron chi connectivity index (χ2n) is 6.23. The Morgan fingerprint density at radius 1 is 0.818 bits per heavy atom. The van der Waals surface area contributed by atoms with E-state index in [2.05, 4.69) is 34.6 Å². The summed E-state index contributed by atoms with van der Waals surface area (Å²) in [5.41, 5.74) is -0.119. The van der Waals surface area contributed by atoms with E-state index < -0.39 is 0 Å². The van der Waals surface area contributed by atoms with Crippen LogP contribution in [0.1, 0.15) is 79.1 Å². The fourth-order valence-electron chi connectivity index (χ4n) is 1.89. The van der Waals surface area contributed by atoms with Crippen LogP contribution in [0.2, 0.25) is 0 Å². The summed E-state index contributed by atoms with van der Waals surface area (Å²) < 4.78 is 8.25. The Morgan fingerprint density at radius 2 is 1.23 bits per heavy atom. The van der Waals surface area contributed by atoms with Gasteiger partial charge in [0.05, 0.1) is 13.2 Å². The molecule has 2 N–H and O–H groups in total. The van der Waals surface area contributed by atoms with Crippen molar-refractivity contribution in [2.75, 3.05) is 13.2 Å². The van der Waals surface area contributed by atoms with Crippen molar-refractivity contribution in [1.29, 1.82) is 0 Å². The summed E-state index contributed by atoms with van der Waals surface area (Å²) in [4.78, 5) is 0. The first-order chi connectivity index (χ1) is 10.4. The van der Waals surface area contributed by atoms with Gasteiger partial charge in [-0.3, -0.25) is 5.41 Å². The maximum absolute atomic E-state index is 9.04. The van der Waals surface area contributed by atoms with Crippen molar-refractivity contribution in [3.8, 4) is 0 Å². The molecule has 0 aromatic carbocycles. The van der Waals surface area contributed by atoms with E-state index in [9.17, 15) is 0 Å². The summed E-state index contributed by atoms with van der Waals surface area (Å²) in [6, 6.07) is 0. The van der Waals surface area contributed by atoms with Crippen molar-refractivity contribution in [2.45, 2.75) is 79.1 Å². The molecule has 22 heavy (non-hydrogen) atoms. The van der Waals surface area contributed by atoms with Gasteiger partial charge in [-0.15, -0.1) is 12.8 Å². The molecular weight excluding hydrogens is 312 g/mol. The third kappa shape index (κ3) is 15.3.